The molecule has 0 aromatic heterocycles. The van der Waals surface area contributed by atoms with Crippen LogP contribution in [0, 0.1) is 0 Å². The molecule has 6 nitrogen and oxygen atoms in total. The maximum atomic E-state index is 12.1. The molecule has 0 N–H and O–H groups in total. The molecule has 2 aromatic rings. The molecule has 0 atom stereocenters. The predicted molar refractivity (Wildman–Crippen MR) is 95.9 cm³/mol. The molecule has 0 heterocycles. The maximum Gasteiger partial charge on any atom is 0.338 e. The van der Waals surface area contributed by atoms with Crippen molar-refractivity contribution >= 4 is 21.6 Å². The van der Waals surface area contributed by atoms with Crippen LogP contribution in [-0.2, 0) is 19.4 Å². The van der Waals surface area contributed by atoms with Crippen molar-refractivity contribution in [1.82, 2.24) is 0 Å². The molecule has 26 heavy (non-hydrogen) atoms. The summed E-state index contributed by atoms with van der Waals surface area (Å²) in [5.74, 6) is -1.08. The Morgan fingerprint density at radius 3 is 2.12 bits per heavy atom. The minimum atomic E-state index is -3.69. The van der Waals surface area contributed by atoms with E-state index >= 15 is 0 Å². The van der Waals surface area contributed by atoms with Gasteiger partial charge in [-0.1, -0.05) is 24.8 Å². The van der Waals surface area contributed by atoms with Gasteiger partial charge in [-0.25, -0.2) is 13.2 Å². The number of carbonyl (C=O) groups is 2. The van der Waals surface area contributed by atoms with Gasteiger partial charge in [0, 0.05) is 5.57 Å². The summed E-state index contributed by atoms with van der Waals surface area (Å²) < 4.78 is 34.6. The van der Waals surface area contributed by atoms with E-state index in [0.717, 1.165) is 0 Å². The van der Waals surface area contributed by atoms with Gasteiger partial charge in [0.1, 0.15) is 23.9 Å². The number of rotatable bonds is 8. The van der Waals surface area contributed by atoms with Crippen LogP contribution in [0.15, 0.2) is 71.6 Å². The fourth-order valence-electron chi connectivity index (χ4n) is 1.93. The zero-order valence-electron chi connectivity index (χ0n) is 14.2. The van der Waals surface area contributed by atoms with Crippen LogP contribution in [0.4, 0.5) is 0 Å². The summed E-state index contributed by atoms with van der Waals surface area (Å²) in [5, 5.41) is 0. The van der Waals surface area contributed by atoms with Gasteiger partial charge in [-0.05, 0) is 43.3 Å². The lowest BCUT2D eigenvalue weighted by molar-refractivity contribution is -0.130. The Morgan fingerprint density at radius 1 is 0.962 bits per heavy atom. The number of sulfone groups is 1. The Labute approximate surface area is 152 Å². The number of ether oxygens (including phenoxy) is 2. The van der Waals surface area contributed by atoms with Crippen molar-refractivity contribution in [2.24, 2.45) is 0 Å². The van der Waals surface area contributed by atoms with Gasteiger partial charge in [0.2, 0.25) is 0 Å². The van der Waals surface area contributed by atoms with Gasteiger partial charge < -0.3 is 9.47 Å². The fraction of sp³-hybridized carbons (Fsp3) is 0.158. The molecule has 136 valence electrons. The number of carbonyl (C=O) groups excluding carboxylic acids is 2. The number of hydrogen-bond donors (Lipinski definition) is 0. The zero-order chi connectivity index (χ0) is 19.2. The van der Waals surface area contributed by atoms with Gasteiger partial charge in [0.05, 0.1) is 4.90 Å². The van der Waals surface area contributed by atoms with E-state index in [0.29, 0.717) is 11.5 Å². The number of Topliss-reactive ketones (excluding diaryl/α,β-unsaturated/α-hetero) is 1. The minimum absolute atomic E-state index is 0.0945. The molecular formula is C19H18O6S. The van der Waals surface area contributed by atoms with Crippen LogP contribution in [0.5, 0.6) is 11.5 Å². The van der Waals surface area contributed by atoms with Gasteiger partial charge in [0.25, 0.3) is 0 Å². The van der Waals surface area contributed by atoms with Crippen molar-refractivity contribution < 1.29 is 27.5 Å². The van der Waals surface area contributed by atoms with Gasteiger partial charge in [0.15, 0.2) is 15.6 Å². The van der Waals surface area contributed by atoms with E-state index in [1.54, 1.807) is 18.2 Å². The maximum absolute atomic E-state index is 12.1. The Bertz CT molecular complexity index is 899. The quantitative estimate of drug-likeness (QED) is 0.401. The summed E-state index contributed by atoms with van der Waals surface area (Å²) in [6.07, 6.45) is 0. The van der Waals surface area contributed by atoms with E-state index in [9.17, 15) is 18.0 Å². The fourth-order valence-corrected chi connectivity index (χ4v) is 3.17. The van der Waals surface area contributed by atoms with Crippen molar-refractivity contribution in [3.8, 4) is 11.5 Å². The summed E-state index contributed by atoms with van der Waals surface area (Å²) in [7, 11) is -3.69. The molecule has 0 aliphatic heterocycles. The third-order valence-electron chi connectivity index (χ3n) is 3.24. The first-order valence-electron chi connectivity index (χ1n) is 7.68. The lowest BCUT2D eigenvalue weighted by atomic mass is 10.3. The SMILES string of the molecule is C=C(C)C(=O)Oc1ccc(OCC(=O)CS(=O)(=O)c2ccccc2)cc1. The molecular weight excluding hydrogens is 356 g/mol. The first kappa shape index (κ1) is 19.4. The van der Waals surface area contributed by atoms with Crippen LogP contribution in [0.2, 0.25) is 0 Å². The van der Waals surface area contributed by atoms with Crippen LogP contribution >= 0.6 is 0 Å². The molecule has 0 radical (unpaired) electrons. The third kappa shape index (κ3) is 5.56. The molecule has 0 aliphatic carbocycles. The van der Waals surface area contributed by atoms with Crippen LogP contribution in [0.1, 0.15) is 6.92 Å². The summed E-state index contributed by atoms with van der Waals surface area (Å²) in [6, 6.07) is 13.8. The highest BCUT2D eigenvalue weighted by Crippen LogP contribution is 2.18. The minimum Gasteiger partial charge on any atom is -0.486 e. The molecule has 0 spiro atoms. The van der Waals surface area contributed by atoms with Crippen LogP contribution in [0.25, 0.3) is 0 Å². The summed E-state index contributed by atoms with van der Waals surface area (Å²) >= 11 is 0. The lowest BCUT2D eigenvalue weighted by Crippen LogP contribution is -2.22. The molecule has 0 bridgehead atoms. The Hall–Kier alpha value is -2.93. The van der Waals surface area contributed by atoms with E-state index in [2.05, 4.69) is 6.58 Å². The van der Waals surface area contributed by atoms with Crippen molar-refractivity contribution in [2.75, 3.05) is 12.4 Å². The van der Waals surface area contributed by atoms with E-state index in [1.165, 1.54) is 43.3 Å². The summed E-state index contributed by atoms with van der Waals surface area (Å²) in [5.41, 5.74) is 0.274. The highest BCUT2D eigenvalue weighted by Gasteiger charge is 2.19. The number of esters is 1. The van der Waals surface area contributed by atoms with Crippen molar-refractivity contribution in [2.45, 2.75) is 11.8 Å². The molecule has 2 rings (SSSR count). The molecule has 0 aliphatic rings. The van der Waals surface area contributed by atoms with E-state index in [4.69, 9.17) is 9.47 Å². The van der Waals surface area contributed by atoms with Crippen molar-refractivity contribution in [3.05, 3.63) is 66.7 Å². The topological polar surface area (TPSA) is 86.7 Å². The Morgan fingerprint density at radius 2 is 1.54 bits per heavy atom. The highest BCUT2D eigenvalue weighted by atomic mass is 32.2. The van der Waals surface area contributed by atoms with Gasteiger partial charge in [-0.3, -0.25) is 4.79 Å². The smallest absolute Gasteiger partial charge is 0.338 e. The molecule has 0 amide bonds. The first-order chi connectivity index (χ1) is 12.3. The van der Waals surface area contributed by atoms with Crippen LogP contribution in [0.3, 0.4) is 0 Å². The predicted octanol–water partition coefficient (Wildman–Crippen LogP) is 2.59. The van der Waals surface area contributed by atoms with E-state index in [-0.39, 0.29) is 17.1 Å². The zero-order valence-corrected chi connectivity index (χ0v) is 15.0. The van der Waals surface area contributed by atoms with Gasteiger partial charge in [-0.15, -0.1) is 0 Å². The second kappa shape index (κ2) is 8.44. The standard InChI is InChI=1S/C19H18O6S/c1-14(2)19(21)25-17-10-8-16(9-11-17)24-12-15(20)13-26(22,23)18-6-4-3-5-7-18/h3-11H,1,12-13H2,2H3. The molecule has 0 unspecified atom stereocenters. The van der Waals surface area contributed by atoms with Gasteiger partial charge in [-0.2, -0.15) is 0 Å². The summed E-state index contributed by atoms with van der Waals surface area (Å²) in [6.45, 7) is 4.64. The van der Waals surface area contributed by atoms with Crippen LogP contribution < -0.4 is 9.47 Å². The van der Waals surface area contributed by atoms with E-state index in [1.807, 2.05) is 0 Å². The second-order valence-corrected chi connectivity index (χ2v) is 7.53. The van der Waals surface area contributed by atoms with Crippen molar-refractivity contribution in [3.63, 3.8) is 0 Å². The van der Waals surface area contributed by atoms with E-state index < -0.39 is 27.3 Å². The number of hydrogen-bond acceptors (Lipinski definition) is 6. The monoisotopic (exact) mass is 374 g/mol. The van der Waals surface area contributed by atoms with Crippen molar-refractivity contribution in [1.29, 1.82) is 0 Å². The normalized spacial score (nSPS) is 10.8. The third-order valence-corrected chi connectivity index (χ3v) is 4.93. The first-order valence-corrected chi connectivity index (χ1v) is 9.33. The molecule has 2 aromatic carbocycles. The average Bonchev–Trinajstić information content (AvgIpc) is 2.61. The Balaban J connectivity index is 1.89. The van der Waals surface area contributed by atoms with Crippen LogP contribution in [-0.4, -0.2) is 32.5 Å². The number of benzene rings is 2. The summed E-state index contributed by atoms with van der Waals surface area (Å²) in [4.78, 5) is 23.4. The van der Waals surface area contributed by atoms with Gasteiger partial charge >= 0.3 is 5.97 Å². The molecule has 0 saturated carbocycles. The molecule has 0 fully saturated rings. The molecule has 7 heteroatoms. The lowest BCUT2D eigenvalue weighted by Gasteiger charge is -2.08. The Kier molecular flexibility index (Phi) is 6.30. The average molecular weight is 374 g/mol. The largest absolute Gasteiger partial charge is 0.486 e. The highest BCUT2D eigenvalue weighted by molar-refractivity contribution is 7.92. The second-order valence-electron chi connectivity index (χ2n) is 5.54. The number of ketones is 1. The molecule has 0 saturated heterocycles.